The van der Waals surface area contributed by atoms with Gasteiger partial charge in [-0.1, -0.05) is 17.7 Å². The first kappa shape index (κ1) is 12.0. The fourth-order valence-corrected chi connectivity index (χ4v) is 3.52. The maximum Gasteiger partial charge on any atom is 0.0651 e. The standard InChI is InChI=1S/C15H23N3/c1-12-2-4-14(5-3-12)17-15(10-16)11-18-8-6-13(15)7-9-18/h2-5,13,17H,6-11,16H2,1H3. The highest BCUT2D eigenvalue weighted by Gasteiger charge is 2.45. The van der Waals surface area contributed by atoms with E-state index >= 15 is 0 Å². The molecule has 0 saturated carbocycles. The summed E-state index contributed by atoms with van der Waals surface area (Å²) >= 11 is 0. The van der Waals surface area contributed by atoms with Crippen LogP contribution in [-0.4, -0.2) is 36.6 Å². The molecule has 3 saturated heterocycles. The molecule has 0 aromatic heterocycles. The number of nitrogens with zero attached hydrogens (tertiary/aromatic N) is 1. The Morgan fingerprint density at radius 2 is 1.94 bits per heavy atom. The highest BCUT2D eigenvalue weighted by atomic mass is 15.2. The summed E-state index contributed by atoms with van der Waals surface area (Å²) in [5.41, 5.74) is 8.71. The van der Waals surface area contributed by atoms with Crippen molar-refractivity contribution in [2.24, 2.45) is 11.7 Å². The van der Waals surface area contributed by atoms with Crippen molar-refractivity contribution in [3.8, 4) is 0 Å². The van der Waals surface area contributed by atoms with Crippen LogP contribution in [0.3, 0.4) is 0 Å². The lowest BCUT2D eigenvalue weighted by molar-refractivity contribution is 0.0449. The minimum absolute atomic E-state index is 0.0890. The van der Waals surface area contributed by atoms with E-state index in [2.05, 4.69) is 41.4 Å². The quantitative estimate of drug-likeness (QED) is 0.853. The van der Waals surface area contributed by atoms with Crippen molar-refractivity contribution in [1.29, 1.82) is 0 Å². The fraction of sp³-hybridized carbons (Fsp3) is 0.600. The van der Waals surface area contributed by atoms with E-state index in [0.717, 1.165) is 19.0 Å². The molecule has 0 amide bonds. The molecule has 3 fully saturated rings. The second-order valence-electron chi connectivity index (χ2n) is 5.90. The summed E-state index contributed by atoms with van der Waals surface area (Å²) < 4.78 is 0. The van der Waals surface area contributed by atoms with Gasteiger partial charge in [0.05, 0.1) is 5.54 Å². The predicted octanol–water partition coefficient (Wildman–Crippen LogP) is 1.83. The van der Waals surface area contributed by atoms with E-state index in [0.29, 0.717) is 0 Å². The van der Waals surface area contributed by atoms with Crippen LogP contribution in [0.15, 0.2) is 24.3 Å². The average Bonchev–Trinajstić information content (AvgIpc) is 2.43. The molecule has 98 valence electrons. The molecule has 3 heterocycles. The Morgan fingerprint density at radius 1 is 1.28 bits per heavy atom. The Kier molecular flexibility index (Phi) is 3.04. The van der Waals surface area contributed by atoms with Crippen LogP contribution in [-0.2, 0) is 0 Å². The lowest BCUT2D eigenvalue weighted by Crippen LogP contribution is -2.66. The molecule has 3 heteroatoms. The van der Waals surface area contributed by atoms with Crippen LogP contribution in [0.2, 0.25) is 0 Å². The van der Waals surface area contributed by atoms with Crippen molar-refractivity contribution < 1.29 is 0 Å². The minimum atomic E-state index is 0.0890. The summed E-state index contributed by atoms with van der Waals surface area (Å²) in [6, 6.07) is 8.66. The molecule has 1 unspecified atom stereocenters. The van der Waals surface area contributed by atoms with Gasteiger partial charge in [-0.3, -0.25) is 0 Å². The van der Waals surface area contributed by atoms with Gasteiger partial charge >= 0.3 is 0 Å². The average molecular weight is 245 g/mol. The molecule has 1 aromatic carbocycles. The van der Waals surface area contributed by atoms with Gasteiger partial charge in [0.2, 0.25) is 0 Å². The highest BCUT2D eigenvalue weighted by Crippen LogP contribution is 2.37. The number of nitrogens with two attached hydrogens (primary N) is 1. The van der Waals surface area contributed by atoms with E-state index in [-0.39, 0.29) is 5.54 Å². The lowest BCUT2D eigenvalue weighted by Gasteiger charge is -2.53. The molecule has 0 radical (unpaired) electrons. The van der Waals surface area contributed by atoms with Gasteiger partial charge in [-0.25, -0.2) is 0 Å². The smallest absolute Gasteiger partial charge is 0.0651 e. The number of piperidine rings is 3. The van der Waals surface area contributed by atoms with Crippen LogP contribution in [0.25, 0.3) is 0 Å². The molecule has 0 spiro atoms. The van der Waals surface area contributed by atoms with E-state index in [9.17, 15) is 0 Å². The van der Waals surface area contributed by atoms with E-state index in [4.69, 9.17) is 5.73 Å². The Morgan fingerprint density at radius 3 is 2.44 bits per heavy atom. The largest absolute Gasteiger partial charge is 0.377 e. The van der Waals surface area contributed by atoms with Crippen molar-refractivity contribution >= 4 is 5.69 Å². The van der Waals surface area contributed by atoms with E-state index in [1.54, 1.807) is 0 Å². The molecular formula is C15H23N3. The topological polar surface area (TPSA) is 41.3 Å². The van der Waals surface area contributed by atoms with Crippen molar-refractivity contribution in [3.63, 3.8) is 0 Å². The van der Waals surface area contributed by atoms with Crippen molar-refractivity contribution in [1.82, 2.24) is 4.90 Å². The van der Waals surface area contributed by atoms with Gasteiger partial charge in [-0.2, -0.15) is 0 Å². The third kappa shape index (κ3) is 2.02. The number of aryl methyl sites for hydroxylation is 1. The zero-order valence-corrected chi connectivity index (χ0v) is 11.2. The number of nitrogens with one attached hydrogen (secondary N) is 1. The van der Waals surface area contributed by atoms with Crippen molar-refractivity contribution in [3.05, 3.63) is 29.8 Å². The van der Waals surface area contributed by atoms with E-state index in [1.807, 2.05) is 0 Å². The number of rotatable bonds is 3. The second kappa shape index (κ2) is 4.56. The Labute approximate surface area is 109 Å². The molecule has 18 heavy (non-hydrogen) atoms. The molecule has 3 N–H and O–H groups in total. The maximum atomic E-state index is 6.11. The van der Waals surface area contributed by atoms with Crippen molar-refractivity contribution in [2.45, 2.75) is 25.3 Å². The van der Waals surface area contributed by atoms with Gasteiger partial charge in [0.15, 0.2) is 0 Å². The normalized spacial score (nSPS) is 34.6. The van der Waals surface area contributed by atoms with E-state index in [1.165, 1.54) is 37.2 Å². The summed E-state index contributed by atoms with van der Waals surface area (Å²) in [7, 11) is 0. The lowest BCUT2D eigenvalue weighted by atomic mass is 9.72. The Bertz CT molecular complexity index is 406. The van der Waals surface area contributed by atoms with Crippen LogP contribution >= 0.6 is 0 Å². The zero-order chi connectivity index (χ0) is 12.6. The summed E-state index contributed by atoms with van der Waals surface area (Å²) in [5.74, 6) is 0.730. The highest BCUT2D eigenvalue weighted by molar-refractivity contribution is 5.47. The van der Waals surface area contributed by atoms with Crippen LogP contribution in [0, 0.1) is 12.8 Å². The first-order chi connectivity index (χ1) is 8.72. The molecule has 3 nitrogen and oxygen atoms in total. The van der Waals surface area contributed by atoms with E-state index < -0.39 is 0 Å². The second-order valence-corrected chi connectivity index (χ2v) is 5.90. The van der Waals surface area contributed by atoms with Gasteiger partial charge in [-0.15, -0.1) is 0 Å². The van der Waals surface area contributed by atoms with Gasteiger partial charge < -0.3 is 16.0 Å². The third-order valence-corrected chi connectivity index (χ3v) is 4.68. The molecule has 4 rings (SSSR count). The number of benzene rings is 1. The third-order valence-electron chi connectivity index (χ3n) is 4.68. The van der Waals surface area contributed by atoms with Crippen LogP contribution in [0.1, 0.15) is 18.4 Å². The molecule has 3 aliphatic heterocycles. The molecular weight excluding hydrogens is 222 g/mol. The van der Waals surface area contributed by atoms with Gasteiger partial charge in [-0.05, 0) is 50.9 Å². The monoisotopic (exact) mass is 245 g/mol. The zero-order valence-electron chi connectivity index (χ0n) is 11.2. The number of hydrogen-bond donors (Lipinski definition) is 2. The minimum Gasteiger partial charge on any atom is -0.377 e. The Balaban J connectivity index is 1.82. The van der Waals surface area contributed by atoms with Crippen molar-refractivity contribution in [2.75, 3.05) is 31.5 Å². The van der Waals surface area contributed by atoms with Crippen LogP contribution in [0.4, 0.5) is 5.69 Å². The fourth-order valence-electron chi connectivity index (χ4n) is 3.52. The maximum absolute atomic E-state index is 6.11. The van der Waals surface area contributed by atoms with Gasteiger partial charge in [0.25, 0.3) is 0 Å². The van der Waals surface area contributed by atoms with Gasteiger partial charge in [0.1, 0.15) is 0 Å². The van der Waals surface area contributed by atoms with Crippen LogP contribution in [0.5, 0.6) is 0 Å². The summed E-state index contributed by atoms with van der Waals surface area (Å²) in [4.78, 5) is 2.55. The first-order valence-corrected chi connectivity index (χ1v) is 6.99. The summed E-state index contributed by atoms with van der Waals surface area (Å²) in [6.45, 7) is 6.45. The summed E-state index contributed by atoms with van der Waals surface area (Å²) in [6.07, 6.45) is 2.58. The Hall–Kier alpha value is -1.06. The molecule has 2 bridgehead atoms. The predicted molar refractivity (Wildman–Crippen MR) is 75.8 cm³/mol. The molecule has 3 aliphatic rings. The van der Waals surface area contributed by atoms with Gasteiger partial charge in [0, 0.05) is 18.8 Å². The number of hydrogen-bond acceptors (Lipinski definition) is 3. The first-order valence-electron chi connectivity index (χ1n) is 6.99. The SMILES string of the molecule is Cc1ccc(NC2(CN)CN3CCC2CC3)cc1. The molecule has 0 aliphatic carbocycles. The number of anilines is 1. The number of fused-ring (bicyclic) bond motifs is 3. The molecule has 1 atom stereocenters. The molecule has 1 aromatic rings. The summed E-state index contributed by atoms with van der Waals surface area (Å²) in [5, 5.41) is 3.74. The van der Waals surface area contributed by atoms with Crippen LogP contribution < -0.4 is 11.1 Å².